The monoisotopic (exact) mass is 355 g/mol. The molecule has 0 unspecified atom stereocenters. The third-order valence-corrected chi connectivity index (χ3v) is 3.64. The Hall–Kier alpha value is -1.91. The number of ketones is 1. The van der Waals surface area contributed by atoms with Gasteiger partial charge in [0.15, 0.2) is 5.78 Å². The largest absolute Gasteiger partial charge is 0.383 e. The molecule has 0 amide bonds. The lowest BCUT2D eigenvalue weighted by Crippen LogP contribution is -2.10. The minimum atomic E-state index is -0.691. The molecule has 0 atom stereocenters. The molecule has 0 radical (unpaired) electrons. The second-order valence-corrected chi connectivity index (χ2v) is 5.88. The Morgan fingerprint density at radius 3 is 2.39 bits per heavy atom. The van der Waals surface area contributed by atoms with Gasteiger partial charge in [-0.15, -0.1) is 0 Å². The van der Waals surface area contributed by atoms with Crippen LogP contribution in [0.5, 0.6) is 0 Å². The maximum Gasteiger partial charge on any atom is 0.195 e. The van der Waals surface area contributed by atoms with Gasteiger partial charge in [0.1, 0.15) is 11.6 Å². The Balaban J connectivity index is 2.57. The average molecular weight is 356 g/mol. The molecule has 6 heteroatoms. The summed E-state index contributed by atoms with van der Waals surface area (Å²) in [6.07, 6.45) is 1.48. The number of Topliss-reactive ketones (excluding diaryl/α,β-unsaturated/α-hetero) is 1. The van der Waals surface area contributed by atoms with E-state index in [1.54, 1.807) is 25.1 Å². The van der Waals surface area contributed by atoms with Crippen molar-refractivity contribution in [3.8, 4) is 0 Å². The molecule has 2 rings (SSSR count). The van der Waals surface area contributed by atoms with Crippen molar-refractivity contribution >= 4 is 34.6 Å². The predicted molar refractivity (Wildman–Crippen MR) is 88.8 cm³/mol. The lowest BCUT2D eigenvalue weighted by atomic mass is 9.97. The van der Waals surface area contributed by atoms with Gasteiger partial charge in [-0.1, -0.05) is 35.3 Å². The van der Waals surface area contributed by atoms with E-state index in [9.17, 15) is 13.6 Å². The molecule has 0 aliphatic rings. The highest BCUT2D eigenvalue weighted by Crippen LogP contribution is 2.28. The van der Waals surface area contributed by atoms with Crippen LogP contribution in [-0.2, 0) is 0 Å². The maximum atomic E-state index is 14.3. The number of carbonyl (C=O) groups excluding carboxylic acids is 1. The fourth-order valence-electron chi connectivity index (χ4n) is 2.01. The fraction of sp³-hybridized carbons (Fsp3) is 0.118. The molecule has 23 heavy (non-hydrogen) atoms. The van der Waals surface area contributed by atoms with Crippen LogP contribution in [0.15, 0.2) is 42.6 Å². The molecule has 0 saturated carbocycles. The van der Waals surface area contributed by atoms with E-state index in [0.717, 1.165) is 6.07 Å². The van der Waals surface area contributed by atoms with Gasteiger partial charge < -0.3 is 4.90 Å². The molecule has 0 N–H and O–H groups in total. The first-order valence-corrected chi connectivity index (χ1v) is 7.39. The first kappa shape index (κ1) is 17.4. The van der Waals surface area contributed by atoms with Crippen LogP contribution >= 0.6 is 23.2 Å². The molecule has 0 fully saturated rings. The van der Waals surface area contributed by atoms with Gasteiger partial charge >= 0.3 is 0 Å². The van der Waals surface area contributed by atoms with Crippen molar-refractivity contribution in [2.75, 3.05) is 14.1 Å². The van der Waals surface area contributed by atoms with Crippen LogP contribution in [-0.4, -0.2) is 24.8 Å². The van der Waals surface area contributed by atoms with Crippen LogP contribution in [0.25, 0.3) is 5.57 Å². The van der Waals surface area contributed by atoms with E-state index in [1.807, 2.05) is 0 Å². The maximum absolute atomic E-state index is 14.3. The molecule has 2 aromatic rings. The van der Waals surface area contributed by atoms with Gasteiger partial charge in [0.05, 0.1) is 10.0 Å². The molecule has 0 aliphatic carbocycles. The molecule has 0 heterocycles. The summed E-state index contributed by atoms with van der Waals surface area (Å²) in [5, 5.41) is -0.260. The number of benzene rings is 2. The highest BCUT2D eigenvalue weighted by Gasteiger charge is 2.20. The molecule has 0 bridgehead atoms. The van der Waals surface area contributed by atoms with Gasteiger partial charge in [-0.2, -0.15) is 0 Å². The van der Waals surface area contributed by atoms with E-state index >= 15 is 0 Å². The lowest BCUT2D eigenvalue weighted by Gasteiger charge is -2.13. The molecule has 2 nitrogen and oxygen atoms in total. The number of halogens is 4. The highest BCUT2D eigenvalue weighted by molar-refractivity contribution is 6.34. The quantitative estimate of drug-likeness (QED) is 0.564. The topological polar surface area (TPSA) is 20.3 Å². The molecule has 0 aromatic heterocycles. The second-order valence-electron chi connectivity index (χ2n) is 5.07. The third kappa shape index (κ3) is 3.89. The second kappa shape index (κ2) is 7.11. The Morgan fingerprint density at radius 1 is 1.09 bits per heavy atom. The minimum absolute atomic E-state index is 0.0663. The number of carbonyl (C=O) groups is 1. The van der Waals surface area contributed by atoms with E-state index in [2.05, 4.69) is 0 Å². The van der Waals surface area contributed by atoms with Crippen LogP contribution in [0.3, 0.4) is 0 Å². The molecule has 120 valence electrons. The van der Waals surface area contributed by atoms with Gasteiger partial charge in [-0.3, -0.25) is 4.79 Å². The Bertz CT molecular complexity index is 788. The summed E-state index contributed by atoms with van der Waals surface area (Å²) in [7, 11) is 3.40. The summed E-state index contributed by atoms with van der Waals surface area (Å²) < 4.78 is 27.6. The van der Waals surface area contributed by atoms with Gasteiger partial charge in [-0.05, 0) is 24.3 Å². The summed E-state index contributed by atoms with van der Waals surface area (Å²) in [4.78, 5) is 14.3. The van der Waals surface area contributed by atoms with E-state index in [1.165, 1.54) is 30.5 Å². The van der Waals surface area contributed by atoms with Gasteiger partial charge in [-0.25, -0.2) is 8.78 Å². The molecule has 0 spiro atoms. The van der Waals surface area contributed by atoms with E-state index in [0.29, 0.717) is 0 Å². The van der Waals surface area contributed by atoms with Crippen LogP contribution in [0.2, 0.25) is 10.0 Å². The molecule has 2 aromatic carbocycles. The van der Waals surface area contributed by atoms with Gasteiger partial charge in [0.25, 0.3) is 0 Å². The fourth-order valence-corrected chi connectivity index (χ4v) is 2.37. The Morgan fingerprint density at radius 2 is 1.78 bits per heavy atom. The highest BCUT2D eigenvalue weighted by atomic mass is 35.5. The van der Waals surface area contributed by atoms with Crippen LogP contribution < -0.4 is 0 Å². The first-order chi connectivity index (χ1) is 10.8. The van der Waals surface area contributed by atoms with Crippen molar-refractivity contribution in [3.63, 3.8) is 0 Å². The van der Waals surface area contributed by atoms with Crippen molar-refractivity contribution in [2.45, 2.75) is 0 Å². The van der Waals surface area contributed by atoms with E-state index < -0.39 is 17.4 Å². The van der Waals surface area contributed by atoms with Crippen LogP contribution in [0, 0.1) is 11.6 Å². The van der Waals surface area contributed by atoms with Gasteiger partial charge in [0.2, 0.25) is 0 Å². The first-order valence-electron chi connectivity index (χ1n) is 6.63. The Labute approximate surface area is 142 Å². The number of nitrogens with zero attached hydrogens (tertiary/aromatic N) is 1. The summed E-state index contributed by atoms with van der Waals surface area (Å²) in [6, 6.07) is 8.01. The van der Waals surface area contributed by atoms with Crippen molar-refractivity contribution in [1.82, 2.24) is 4.90 Å². The molecule has 0 saturated heterocycles. The zero-order chi connectivity index (χ0) is 17.1. The SMILES string of the molecule is CN(C)C=C(C(=O)c1ccc(F)c(Cl)c1)c1cccc(Cl)c1F. The van der Waals surface area contributed by atoms with Crippen LogP contribution in [0.1, 0.15) is 15.9 Å². The smallest absolute Gasteiger partial charge is 0.195 e. The van der Waals surface area contributed by atoms with Crippen molar-refractivity contribution < 1.29 is 13.6 Å². The number of hydrogen-bond donors (Lipinski definition) is 0. The zero-order valence-electron chi connectivity index (χ0n) is 12.4. The summed E-state index contributed by atoms with van der Waals surface area (Å²) in [5.41, 5.74) is 0.318. The number of rotatable bonds is 4. The number of hydrogen-bond acceptors (Lipinski definition) is 2. The van der Waals surface area contributed by atoms with E-state index in [-0.39, 0.29) is 26.7 Å². The minimum Gasteiger partial charge on any atom is -0.383 e. The van der Waals surface area contributed by atoms with Crippen molar-refractivity contribution in [3.05, 3.63) is 75.4 Å². The summed E-state index contributed by atoms with van der Waals surface area (Å²) in [6.45, 7) is 0. The third-order valence-electron chi connectivity index (χ3n) is 3.06. The number of allylic oxidation sites excluding steroid dienone is 1. The average Bonchev–Trinajstić information content (AvgIpc) is 2.50. The predicted octanol–water partition coefficient (Wildman–Crippen LogP) is 5.06. The van der Waals surface area contributed by atoms with Gasteiger partial charge in [0, 0.05) is 37.0 Å². The Kier molecular flexibility index (Phi) is 5.39. The standard InChI is InChI=1S/C17H13Cl2F2NO/c1-22(2)9-12(11-4-3-5-13(18)16(11)21)17(23)10-6-7-15(20)14(19)8-10/h3-9H,1-2H3. The normalized spacial score (nSPS) is 11.5. The van der Waals surface area contributed by atoms with Crippen LogP contribution in [0.4, 0.5) is 8.78 Å². The molecular weight excluding hydrogens is 343 g/mol. The van der Waals surface area contributed by atoms with Crippen molar-refractivity contribution in [2.24, 2.45) is 0 Å². The lowest BCUT2D eigenvalue weighted by molar-refractivity contribution is 0.105. The summed E-state index contributed by atoms with van der Waals surface area (Å²) in [5.74, 6) is -1.80. The molecular formula is C17H13Cl2F2NO. The molecule has 0 aliphatic heterocycles. The summed E-state index contributed by atoms with van der Waals surface area (Å²) >= 11 is 11.5. The van der Waals surface area contributed by atoms with E-state index in [4.69, 9.17) is 23.2 Å². The zero-order valence-corrected chi connectivity index (χ0v) is 13.9. The van der Waals surface area contributed by atoms with Crippen molar-refractivity contribution in [1.29, 1.82) is 0 Å².